The van der Waals surface area contributed by atoms with Gasteiger partial charge in [0.05, 0.1) is 36.5 Å². The predicted molar refractivity (Wildman–Crippen MR) is 208 cm³/mol. The Morgan fingerprint density at radius 1 is 0.273 bits per heavy atom. The molecular weight excluding hydrogens is 547 g/mol. The van der Waals surface area contributed by atoms with Gasteiger partial charge in [0.1, 0.15) is 0 Å². The summed E-state index contributed by atoms with van der Waals surface area (Å²) in [6.45, 7) is 7.52. The van der Waals surface area contributed by atoms with Crippen molar-refractivity contribution in [3.8, 4) is 0 Å². The quantitative estimate of drug-likeness (QED) is 0.0358. The van der Waals surface area contributed by atoms with Gasteiger partial charge in [-0.3, -0.25) is 0 Å². The maximum Gasteiger partial charge on any atom is 0.0781 e. The first kappa shape index (κ1) is 44.2. The molecule has 0 heterocycles. The molecule has 1 nitrogen and oxygen atoms in total. The Morgan fingerprint density at radius 3 is 0.591 bits per heavy atom. The van der Waals surface area contributed by atoms with Crippen molar-refractivity contribution in [3.05, 3.63) is 0 Å². The van der Waals surface area contributed by atoms with Crippen molar-refractivity contribution in [2.45, 2.75) is 245 Å². The zero-order valence-electron chi connectivity index (χ0n) is 32.0. The van der Waals surface area contributed by atoms with Crippen LogP contribution in [0.5, 0.6) is 0 Å². The van der Waals surface area contributed by atoms with Crippen LogP contribution >= 0.6 is 0 Å². The van der Waals surface area contributed by atoms with Crippen molar-refractivity contribution in [2.75, 3.05) is 26.3 Å². The lowest BCUT2D eigenvalue weighted by Crippen LogP contribution is -2.46. The number of quaternary nitrogens is 1. The second-order valence-electron chi connectivity index (χ2n) is 15.4. The van der Waals surface area contributed by atoms with Gasteiger partial charge in [0.2, 0.25) is 0 Å². The van der Waals surface area contributed by atoms with Crippen molar-refractivity contribution in [1.29, 1.82) is 0 Å². The van der Waals surface area contributed by atoms with Crippen LogP contribution in [0.1, 0.15) is 245 Å². The molecule has 0 aliphatic rings. The summed E-state index contributed by atoms with van der Waals surface area (Å²) in [6, 6.07) is 0. The Balaban J connectivity index is 3.36. The van der Waals surface area contributed by atoms with E-state index in [1.807, 2.05) is 0 Å². The molecule has 0 aliphatic carbocycles. The average molecular weight is 637 g/mol. The van der Waals surface area contributed by atoms with E-state index >= 15 is 0 Å². The van der Waals surface area contributed by atoms with Gasteiger partial charge in [-0.25, -0.2) is 0 Å². The Morgan fingerprint density at radius 2 is 0.432 bits per heavy atom. The van der Waals surface area contributed by atoms with Crippen LogP contribution in [0, 0.1) is 0 Å². The SMILES string of the molecule is CCCCCCCCCCCCCCCCCCCC[N+](C)(C[SiH3])CCCCCCCCCCCCCCCCCCCC. The highest BCUT2D eigenvalue weighted by atomic mass is 28.1. The van der Waals surface area contributed by atoms with Gasteiger partial charge in [0.15, 0.2) is 0 Å². The summed E-state index contributed by atoms with van der Waals surface area (Å²) < 4.78 is 1.38. The third-order valence-corrected chi connectivity index (χ3v) is 12.4. The summed E-state index contributed by atoms with van der Waals surface area (Å²) in [7, 11) is 3.92. The van der Waals surface area contributed by atoms with Crippen LogP contribution in [0.3, 0.4) is 0 Å². The zero-order chi connectivity index (χ0) is 32.1. The minimum absolute atomic E-state index is 1.36. The van der Waals surface area contributed by atoms with Gasteiger partial charge in [0, 0.05) is 0 Å². The molecule has 44 heavy (non-hydrogen) atoms. The van der Waals surface area contributed by atoms with Crippen LogP contribution in [0.15, 0.2) is 0 Å². The molecule has 0 aromatic carbocycles. The number of unbranched alkanes of at least 4 members (excludes halogenated alkanes) is 34. The highest BCUT2D eigenvalue weighted by molar-refractivity contribution is 6.08. The van der Waals surface area contributed by atoms with Crippen LogP contribution in [0.2, 0.25) is 0 Å². The highest BCUT2D eigenvalue weighted by Crippen LogP contribution is 2.17. The van der Waals surface area contributed by atoms with Crippen LogP contribution in [-0.2, 0) is 0 Å². The fourth-order valence-electron chi connectivity index (χ4n) is 7.22. The van der Waals surface area contributed by atoms with Gasteiger partial charge >= 0.3 is 0 Å². The number of hydrogen-bond acceptors (Lipinski definition) is 0. The van der Waals surface area contributed by atoms with Gasteiger partial charge in [-0.2, -0.15) is 0 Å². The average Bonchev–Trinajstić information content (AvgIpc) is 3.03. The Bertz CT molecular complexity index is 466. The standard InChI is InChI=1S/C42H90NSi/c1-4-6-8-10-12-14-16-18-20-22-24-26-28-30-32-34-36-38-40-43(3,42-44)41-39-37-35-33-31-29-27-25-23-21-19-17-15-13-11-9-7-5-2/h4-42H2,1-3,44H3/q+1. The fourth-order valence-corrected chi connectivity index (χ4v) is 7.85. The molecule has 0 atom stereocenters. The second kappa shape index (κ2) is 37.6. The molecule has 0 fully saturated rings. The van der Waals surface area contributed by atoms with E-state index in [0.29, 0.717) is 0 Å². The Kier molecular flexibility index (Phi) is 37.8. The van der Waals surface area contributed by atoms with Crippen molar-refractivity contribution < 1.29 is 4.48 Å². The van der Waals surface area contributed by atoms with Crippen molar-refractivity contribution in [1.82, 2.24) is 0 Å². The van der Waals surface area contributed by atoms with Crippen molar-refractivity contribution in [3.63, 3.8) is 0 Å². The summed E-state index contributed by atoms with van der Waals surface area (Å²) in [4.78, 5) is 0. The summed E-state index contributed by atoms with van der Waals surface area (Å²) in [6.07, 6.45) is 54.6. The molecule has 0 N–H and O–H groups in total. The third-order valence-electron chi connectivity index (χ3n) is 10.9. The Labute approximate surface area is 285 Å². The van der Waals surface area contributed by atoms with Crippen molar-refractivity contribution in [2.24, 2.45) is 0 Å². The van der Waals surface area contributed by atoms with Crippen molar-refractivity contribution >= 4 is 10.2 Å². The molecule has 0 aromatic heterocycles. The lowest BCUT2D eigenvalue weighted by Gasteiger charge is -2.34. The predicted octanol–water partition coefficient (Wildman–Crippen LogP) is 13.8. The molecule has 266 valence electrons. The highest BCUT2D eigenvalue weighted by Gasteiger charge is 2.17. The van der Waals surface area contributed by atoms with Crippen LogP contribution in [-0.4, -0.2) is 41.0 Å². The smallest absolute Gasteiger partial charge is 0.0781 e. The first-order chi connectivity index (χ1) is 21.7. The molecule has 0 saturated carbocycles. The van der Waals surface area contributed by atoms with E-state index in [-0.39, 0.29) is 0 Å². The van der Waals surface area contributed by atoms with E-state index in [4.69, 9.17) is 0 Å². The summed E-state index contributed by atoms with van der Waals surface area (Å²) in [5, 5.41) is 0. The van der Waals surface area contributed by atoms with Gasteiger partial charge in [-0.1, -0.05) is 219 Å². The summed E-state index contributed by atoms with van der Waals surface area (Å²) in [5.74, 6) is 0. The first-order valence-electron chi connectivity index (χ1n) is 21.5. The van der Waals surface area contributed by atoms with Gasteiger partial charge in [-0.05, 0) is 25.7 Å². The van der Waals surface area contributed by atoms with Gasteiger partial charge in [0.25, 0.3) is 0 Å². The molecule has 0 saturated heterocycles. The molecule has 0 amide bonds. The van der Waals surface area contributed by atoms with E-state index in [1.54, 1.807) is 0 Å². The first-order valence-corrected chi connectivity index (χ1v) is 22.9. The number of hydrogen-bond donors (Lipinski definition) is 0. The van der Waals surface area contributed by atoms with Crippen LogP contribution in [0.4, 0.5) is 0 Å². The largest absolute Gasteiger partial charge is 0.330 e. The molecule has 0 spiro atoms. The number of nitrogens with zero attached hydrogens (tertiary/aromatic N) is 1. The molecule has 0 bridgehead atoms. The number of rotatable bonds is 39. The minimum Gasteiger partial charge on any atom is -0.330 e. The maximum atomic E-state index is 2.56. The van der Waals surface area contributed by atoms with E-state index < -0.39 is 0 Å². The fraction of sp³-hybridized carbons (Fsp3) is 1.00. The van der Waals surface area contributed by atoms with E-state index in [0.717, 1.165) is 0 Å². The molecule has 0 unspecified atom stereocenters. The normalized spacial score (nSPS) is 12.1. The molecule has 0 radical (unpaired) electrons. The molecule has 0 aliphatic heterocycles. The lowest BCUT2D eigenvalue weighted by atomic mass is 10.0. The minimum atomic E-state index is 1.36. The Hall–Kier alpha value is 0.177. The maximum absolute atomic E-state index is 2.56. The lowest BCUT2D eigenvalue weighted by molar-refractivity contribution is -0.899. The topological polar surface area (TPSA) is 0 Å². The third kappa shape index (κ3) is 35.0. The molecule has 2 heteroatoms. The van der Waals surface area contributed by atoms with E-state index in [9.17, 15) is 0 Å². The van der Waals surface area contributed by atoms with Crippen LogP contribution < -0.4 is 0 Å². The molecule has 0 aromatic rings. The summed E-state index contributed by atoms with van der Waals surface area (Å²) in [5.41, 5.74) is 0. The van der Waals surface area contributed by atoms with Gasteiger partial charge in [-0.15, -0.1) is 0 Å². The van der Waals surface area contributed by atoms with E-state index in [2.05, 4.69) is 20.9 Å². The van der Waals surface area contributed by atoms with E-state index in [1.165, 1.54) is 265 Å². The second-order valence-corrected chi connectivity index (χ2v) is 16.0. The molecular formula is C42H90NSi+. The monoisotopic (exact) mass is 637 g/mol. The summed E-state index contributed by atoms with van der Waals surface area (Å²) >= 11 is 0. The molecule has 0 rings (SSSR count). The zero-order valence-corrected chi connectivity index (χ0v) is 34.0. The van der Waals surface area contributed by atoms with Gasteiger partial charge < -0.3 is 4.48 Å². The van der Waals surface area contributed by atoms with Crippen LogP contribution in [0.25, 0.3) is 0 Å².